The lowest BCUT2D eigenvalue weighted by atomic mass is 9.92. The van der Waals surface area contributed by atoms with Gasteiger partial charge in [-0.1, -0.05) is 53.2 Å². The van der Waals surface area contributed by atoms with Crippen molar-refractivity contribution >= 4 is 0 Å². The molecule has 0 rings (SSSR count). The zero-order valence-electron chi connectivity index (χ0n) is 10.0. The van der Waals surface area contributed by atoms with Gasteiger partial charge in [0.25, 0.3) is 0 Å². The third-order valence-electron chi connectivity index (χ3n) is 2.69. The minimum Gasteiger partial charge on any atom is -0.0883 e. The molecule has 13 heavy (non-hydrogen) atoms. The van der Waals surface area contributed by atoms with E-state index in [1.54, 1.807) is 0 Å². The third-order valence-corrected chi connectivity index (χ3v) is 2.69. The molecule has 0 aliphatic heterocycles. The van der Waals surface area contributed by atoms with Crippen LogP contribution in [-0.4, -0.2) is 0 Å². The minimum atomic E-state index is 0.711. The molecule has 0 saturated carbocycles. The lowest BCUT2D eigenvalue weighted by Crippen LogP contribution is -2.02. The fourth-order valence-corrected chi connectivity index (χ4v) is 1.26. The first-order chi connectivity index (χ1) is 6.04. The van der Waals surface area contributed by atoms with Gasteiger partial charge < -0.3 is 0 Å². The largest absolute Gasteiger partial charge is 0.0883 e. The molecular weight excluding hydrogens is 156 g/mol. The van der Waals surface area contributed by atoms with E-state index in [4.69, 9.17) is 0 Å². The van der Waals surface area contributed by atoms with E-state index in [0.717, 1.165) is 11.8 Å². The molecule has 0 radical (unpaired) electrons. The Kier molecular flexibility index (Phi) is 7.03. The standard InChI is InChI=1S/C13H26/c1-11(2)9-7-6-8-10-13(5)12(3)4/h7,9,11-13H,6,8,10H2,1-5H3/b9-7-. The van der Waals surface area contributed by atoms with E-state index >= 15 is 0 Å². The summed E-state index contributed by atoms with van der Waals surface area (Å²) in [6, 6.07) is 0. The van der Waals surface area contributed by atoms with Crippen molar-refractivity contribution in [2.24, 2.45) is 17.8 Å². The fraction of sp³-hybridized carbons (Fsp3) is 0.846. The Balaban J connectivity index is 3.35. The molecular formula is C13H26. The normalized spacial score (nSPS) is 14.7. The van der Waals surface area contributed by atoms with Crippen molar-refractivity contribution in [1.82, 2.24) is 0 Å². The maximum Gasteiger partial charge on any atom is -0.0290 e. The highest BCUT2D eigenvalue weighted by atomic mass is 14.1. The van der Waals surface area contributed by atoms with Crippen molar-refractivity contribution in [3.05, 3.63) is 12.2 Å². The molecule has 0 saturated heterocycles. The van der Waals surface area contributed by atoms with Crippen LogP contribution < -0.4 is 0 Å². The first kappa shape index (κ1) is 12.7. The van der Waals surface area contributed by atoms with Crippen LogP contribution in [-0.2, 0) is 0 Å². The SMILES string of the molecule is CC(C)/C=C\CCCC(C)C(C)C. The van der Waals surface area contributed by atoms with Crippen molar-refractivity contribution in [2.45, 2.75) is 53.9 Å². The van der Waals surface area contributed by atoms with Crippen LogP contribution in [0.5, 0.6) is 0 Å². The smallest absolute Gasteiger partial charge is 0.0290 e. The third kappa shape index (κ3) is 8.08. The molecule has 1 atom stereocenters. The molecule has 78 valence electrons. The predicted octanol–water partition coefficient (Wildman–Crippen LogP) is 4.66. The molecule has 0 spiro atoms. The second kappa shape index (κ2) is 7.17. The van der Waals surface area contributed by atoms with E-state index in [0.29, 0.717) is 5.92 Å². The molecule has 0 amide bonds. The molecule has 0 aliphatic rings. The average molecular weight is 182 g/mol. The summed E-state index contributed by atoms with van der Waals surface area (Å²) < 4.78 is 0. The van der Waals surface area contributed by atoms with Gasteiger partial charge in [0.15, 0.2) is 0 Å². The van der Waals surface area contributed by atoms with E-state index in [9.17, 15) is 0 Å². The van der Waals surface area contributed by atoms with E-state index in [-0.39, 0.29) is 0 Å². The van der Waals surface area contributed by atoms with Crippen LogP contribution in [0.1, 0.15) is 53.9 Å². The van der Waals surface area contributed by atoms with Gasteiger partial charge in [-0.25, -0.2) is 0 Å². The molecule has 0 aromatic heterocycles. The summed E-state index contributed by atoms with van der Waals surface area (Å²) in [7, 11) is 0. The molecule has 0 nitrogen and oxygen atoms in total. The van der Waals surface area contributed by atoms with Gasteiger partial charge in [-0.05, 0) is 30.6 Å². The Morgan fingerprint density at radius 2 is 1.62 bits per heavy atom. The molecule has 0 aromatic carbocycles. The van der Waals surface area contributed by atoms with Crippen LogP contribution in [0.3, 0.4) is 0 Å². The summed E-state index contributed by atoms with van der Waals surface area (Å²) in [6.07, 6.45) is 8.62. The Labute approximate surface area is 84.4 Å². The molecule has 0 heterocycles. The Morgan fingerprint density at radius 3 is 2.08 bits per heavy atom. The number of rotatable bonds is 6. The molecule has 0 heteroatoms. The highest BCUT2D eigenvalue weighted by Crippen LogP contribution is 2.17. The summed E-state index contributed by atoms with van der Waals surface area (Å²) >= 11 is 0. The van der Waals surface area contributed by atoms with Gasteiger partial charge in [-0.15, -0.1) is 0 Å². The maximum atomic E-state index is 2.36. The molecule has 0 aliphatic carbocycles. The monoisotopic (exact) mass is 182 g/mol. The zero-order chi connectivity index (χ0) is 10.3. The summed E-state index contributed by atoms with van der Waals surface area (Å²) in [6.45, 7) is 11.4. The van der Waals surface area contributed by atoms with Crippen LogP contribution in [0.15, 0.2) is 12.2 Å². The Hall–Kier alpha value is -0.260. The van der Waals surface area contributed by atoms with Crippen LogP contribution in [0.4, 0.5) is 0 Å². The van der Waals surface area contributed by atoms with Gasteiger partial charge >= 0.3 is 0 Å². The molecule has 0 N–H and O–H groups in total. The highest BCUT2D eigenvalue weighted by molar-refractivity contribution is 4.84. The van der Waals surface area contributed by atoms with Crippen LogP contribution in [0.25, 0.3) is 0 Å². The van der Waals surface area contributed by atoms with E-state index in [2.05, 4.69) is 46.8 Å². The van der Waals surface area contributed by atoms with Crippen molar-refractivity contribution in [2.75, 3.05) is 0 Å². The second-order valence-corrected chi connectivity index (χ2v) is 4.82. The highest BCUT2D eigenvalue weighted by Gasteiger charge is 2.04. The van der Waals surface area contributed by atoms with E-state index < -0.39 is 0 Å². The van der Waals surface area contributed by atoms with Gasteiger partial charge in [-0.3, -0.25) is 0 Å². The van der Waals surface area contributed by atoms with Crippen molar-refractivity contribution in [1.29, 1.82) is 0 Å². The Morgan fingerprint density at radius 1 is 1.00 bits per heavy atom. The van der Waals surface area contributed by atoms with Crippen LogP contribution in [0, 0.1) is 17.8 Å². The molecule has 0 fully saturated rings. The lowest BCUT2D eigenvalue weighted by Gasteiger charge is -2.14. The zero-order valence-corrected chi connectivity index (χ0v) is 10.0. The molecule has 1 unspecified atom stereocenters. The fourth-order valence-electron chi connectivity index (χ4n) is 1.26. The number of allylic oxidation sites excluding steroid dienone is 2. The average Bonchev–Trinajstić information content (AvgIpc) is 2.02. The summed E-state index contributed by atoms with van der Waals surface area (Å²) in [4.78, 5) is 0. The molecule has 0 bridgehead atoms. The van der Waals surface area contributed by atoms with Crippen molar-refractivity contribution in [3.8, 4) is 0 Å². The topological polar surface area (TPSA) is 0 Å². The Bertz CT molecular complexity index is 131. The number of hydrogen-bond acceptors (Lipinski definition) is 0. The first-order valence-corrected chi connectivity index (χ1v) is 5.70. The number of hydrogen-bond donors (Lipinski definition) is 0. The quantitative estimate of drug-likeness (QED) is 0.414. The molecule has 0 aromatic rings. The van der Waals surface area contributed by atoms with Crippen molar-refractivity contribution in [3.63, 3.8) is 0 Å². The van der Waals surface area contributed by atoms with Gasteiger partial charge in [0.2, 0.25) is 0 Å². The summed E-state index contributed by atoms with van der Waals surface area (Å²) in [5.74, 6) is 2.43. The predicted molar refractivity (Wildman–Crippen MR) is 61.8 cm³/mol. The lowest BCUT2D eigenvalue weighted by molar-refractivity contribution is 0.383. The van der Waals surface area contributed by atoms with E-state index in [1.165, 1.54) is 19.3 Å². The summed E-state index contributed by atoms with van der Waals surface area (Å²) in [5.41, 5.74) is 0. The maximum absolute atomic E-state index is 2.36. The van der Waals surface area contributed by atoms with Gasteiger partial charge in [0.1, 0.15) is 0 Å². The van der Waals surface area contributed by atoms with Crippen LogP contribution >= 0.6 is 0 Å². The summed E-state index contributed by atoms with van der Waals surface area (Å²) in [5, 5.41) is 0. The first-order valence-electron chi connectivity index (χ1n) is 5.70. The van der Waals surface area contributed by atoms with Crippen LogP contribution in [0.2, 0.25) is 0 Å². The van der Waals surface area contributed by atoms with Gasteiger partial charge in [-0.2, -0.15) is 0 Å². The van der Waals surface area contributed by atoms with Gasteiger partial charge in [0.05, 0.1) is 0 Å². The minimum absolute atomic E-state index is 0.711. The second-order valence-electron chi connectivity index (χ2n) is 4.82. The number of unbranched alkanes of at least 4 members (excludes halogenated alkanes) is 1. The van der Waals surface area contributed by atoms with Gasteiger partial charge in [0, 0.05) is 0 Å². The van der Waals surface area contributed by atoms with E-state index in [1.807, 2.05) is 0 Å². The van der Waals surface area contributed by atoms with Crippen molar-refractivity contribution < 1.29 is 0 Å².